The van der Waals surface area contributed by atoms with Gasteiger partial charge in [0.15, 0.2) is 5.82 Å². The molecule has 1 saturated carbocycles. The second kappa shape index (κ2) is 24.5. The molecule has 2 amide bonds. The Bertz CT molecular complexity index is 3140. The van der Waals surface area contributed by atoms with E-state index in [1.165, 1.54) is 0 Å². The third-order valence-electron chi connectivity index (χ3n) is 18.2. The molecule has 7 aliphatic rings. The molecule has 5 N–H and O–H groups in total. The molecule has 2 bridgehead atoms. The first-order valence-electron chi connectivity index (χ1n) is 29.8. The highest BCUT2D eigenvalue weighted by Gasteiger charge is 2.46. The molecule has 440 valence electrons. The van der Waals surface area contributed by atoms with Crippen LogP contribution in [0.15, 0.2) is 102 Å². The Balaban J connectivity index is 0.554. The highest BCUT2D eigenvalue weighted by atomic mass is 32.1. The van der Waals surface area contributed by atoms with Gasteiger partial charge in [-0.05, 0) is 92.5 Å². The number of nitrogens with one attached hydrogen (secondary N) is 1. The van der Waals surface area contributed by atoms with Crippen LogP contribution in [0.3, 0.4) is 0 Å². The molecular weight excluding hydrogens is 1070 g/mol. The average Bonchev–Trinajstić information content (AvgIpc) is 4.14. The van der Waals surface area contributed by atoms with E-state index in [0.29, 0.717) is 54.0 Å². The maximum absolute atomic E-state index is 14.5. The lowest BCUT2D eigenvalue weighted by molar-refractivity contribution is -0.143. The number of aliphatic hydroxyl groups is 1. The van der Waals surface area contributed by atoms with Crippen molar-refractivity contribution in [2.24, 2.45) is 11.8 Å². The number of rotatable bonds is 19. The van der Waals surface area contributed by atoms with Crippen molar-refractivity contribution in [2.75, 3.05) is 81.1 Å². The van der Waals surface area contributed by atoms with Gasteiger partial charge in [0.2, 0.25) is 17.7 Å². The van der Waals surface area contributed by atoms with Crippen molar-refractivity contribution in [1.82, 2.24) is 40.2 Å². The fourth-order valence-corrected chi connectivity index (χ4v) is 14.3. The summed E-state index contributed by atoms with van der Waals surface area (Å²) in [5.41, 5.74) is 15.4. The first-order valence-corrected chi connectivity index (χ1v) is 30.7. The van der Waals surface area contributed by atoms with Crippen LogP contribution in [-0.4, -0.2) is 177 Å². The van der Waals surface area contributed by atoms with E-state index in [-0.39, 0.29) is 72.9 Å². The number of thiazole rings is 1. The zero-order valence-corrected chi connectivity index (χ0v) is 48.9. The summed E-state index contributed by atoms with van der Waals surface area (Å²) in [6.07, 6.45) is 9.75. The zero-order valence-electron chi connectivity index (χ0n) is 48.1. The summed E-state index contributed by atoms with van der Waals surface area (Å²) in [6.45, 7) is 19.3. The topological polar surface area (TPSA) is 217 Å². The molecule has 3 unspecified atom stereocenters. The number of carbonyl (C=O) groups excluding carboxylic acids is 2. The Morgan fingerprint density at radius 3 is 2.37 bits per heavy atom. The fraction of sp³-hybridized carbons (Fsp3) is 0.524. The monoisotopic (exact) mass is 1150 g/mol. The summed E-state index contributed by atoms with van der Waals surface area (Å²) in [7, 11) is 0. The van der Waals surface area contributed by atoms with Gasteiger partial charge in [-0.15, -0.1) is 21.5 Å². The maximum atomic E-state index is 14.5. The number of nitrogen functional groups attached to an aromatic ring is 1. The van der Waals surface area contributed by atoms with Gasteiger partial charge in [-0.1, -0.05) is 56.8 Å². The van der Waals surface area contributed by atoms with Crippen molar-refractivity contribution in [2.45, 2.75) is 133 Å². The predicted octanol–water partition coefficient (Wildman–Crippen LogP) is 7.16. The number of aromatic nitrogens is 4. The molecule has 6 fully saturated rings. The Morgan fingerprint density at radius 2 is 1.65 bits per heavy atom. The van der Waals surface area contributed by atoms with Gasteiger partial charge in [0.25, 0.3) is 0 Å². The fourth-order valence-electron chi connectivity index (χ4n) is 13.5. The van der Waals surface area contributed by atoms with E-state index in [4.69, 9.17) is 24.7 Å². The van der Waals surface area contributed by atoms with Crippen LogP contribution >= 0.6 is 11.3 Å². The second-order valence-corrected chi connectivity index (χ2v) is 25.1. The van der Waals surface area contributed by atoms with Gasteiger partial charge >= 0.3 is 0 Å². The number of phenolic OH excluding ortho intramolecular Hbond substituents is 1. The summed E-state index contributed by atoms with van der Waals surface area (Å²) in [5, 5.41) is 33.0. The number of hydrogen-bond donors (Lipinski definition) is 4. The number of aryl methyl sites for hydroxylation is 1. The van der Waals surface area contributed by atoms with Crippen molar-refractivity contribution >= 4 is 40.3 Å². The van der Waals surface area contributed by atoms with Crippen molar-refractivity contribution in [3.63, 3.8) is 0 Å². The number of likely N-dealkylation sites (tertiary alicyclic amines) is 3. The van der Waals surface area contributed by atoms with Crippen molar-refractivity contribution < 1.29 is 38.7 Å². The van der Waals surface area contributed by atoms with E-state index >= 15 is 0 Å². The first-order chi connectivity index (χ1) is 40.2. The molecular formula is C63H79N11O8S. The molecule has 6 aliphatic heterocycles. The van der Waals surface area contributed by atoms with Gasteiger partial charge in [0, 0.05) is 107 Å². The molecule has 5 aromatic rings. The summed E-state index contributed by atoms with van der Waals surface area (Å²) < 4.78 is 25.7. The molecule has 0 spiro atoms. The standard InChI is InChI=1S/C63H79N11O8S/c1-37(2)59(63(78)73-32-46(75)25-55(73)62(77)67-39(4)41-10-12-42(13-11-41)60-40(5)66-36-83-60)57-29-53(38(3)35-80-57)72-33-50(34-72)79-23-22-70-20-17-47(18-21-70)81-48-26-49(27-48)82-58-24-43(16-19-65-58)74-44-14-15-45(74)31-71(30-44)54-28-52(68-69-61(54)64)51-8-6-7-9-56(51)76/h6-13,16,19,24,28-29,36-37,39,44-50,53,55,59,75-76H,3,14-15,17-18,20-23,25-27,30-35H2,1-2,4-5H3,(H2,64,69)(H,67,77)/t39-,44?,45?,46+,48-,49-,53?,55-,59+/m0/s1. The molecule has 7 atom stereocenters. The normalized spacial score (nSPS) is 25.9. The number of nitrogens with two attached hydrogens (primary N) is 1. The van der Waals surface area contributed by atoms with Crippen LogP contribution in [0.4, 0.5) is 17.2 Å². The number of hydrogen-bond acceptors (Lipinski definition) is 18. The Morgan fingerprint density at radius 1 is 0.892 bits per heavy atom. The number of benzene rings is 2. The number of amides is 2. The molecule has 19 nitrogen and oxygen atoms in total. The highest BCUT2D eigenvalue weighted by Crippen LogP contribution is 2.41. The molecule has 3 aromatic heterocycles. The van der Waals surface area contributed by atoms with E-state index in [1.807, 2.05) is 87.9 Å². The first kappa shape index (κ1) is 56.8. The molecule has 0 radical (unpaired) electrons. The number of ether oxygens (including phenoxy) is 4. The molecule has 9 heterocycles. The molecule has 5 saturated heterocycles. The lowest BCUT2D eigenvalue weighted by Crippen LogP contribution is -2.58. The number of carbonyl (C=O) groups is 2. The predicted molar refractivity (Wildman–Crippen MR) is 319 cm³/mol. The van der Waals surface area contributed by atoms with Gasteiger partial charge in [-0.2, -0.15) is 0 Å². The maximum Gasteiger partial charge on any atom is 0.243 e. The number of pyridine rings is 1. The lowest BCUT2D eigenvalue weighted by Gasteiger charge is -2.45. The average molecular weight is 1150 g/mol. The minimum atomic E-state index is -0.805. The number of piperidine rings is 1. The lowest BCUT2D eigenvalue weighted by atomic mass is 9.88. The summed E-state index contributed by atoms with van der Waals surface area (Å²) in [6, 6.07) is 20.8. The van der Waals surface area contributed by atoms with Crippen molar-refractivity contribution in [1.29, 1.82) is 0 Å². The number of β-amino-alcohol motifs (C(OH)–C–C–N with tert-alkyl or cyclic N) is 1. The van der Waals surface area contributed by atoms with Gasteiger partial charge in [0.05, 0.1) is 76.5 Å². The minimum Gasteiger partial charge on any atom is -0.507 e. The number of piperazine rings is 1. The van der Waals surface area contributed by atoms with E-state index in [0.717, 1.165) is 123 Å². The van der Waals surface area contributed by atoms with Crippen LogP contribution in [0, 0.1) is 18.8 Å². The van der Waals surface area contributed by atoms with Gasteiger partial charge in [-0.25, -0.2) is 9.97 Å². The third kappa shape index (κ3) is 12.3. The Kier molecular flexibility index (Phi) is 16.8. The van der Waals surface area contributed by atoms with Crippen LogP contribution in [0.1, 0.15) is 83.0 Å². The van der Waals surface area contributed by atoms with Crippen LogP contribution in [0.2, 0.25) is 0 Å². The summed E-state index contributed by atoms with van der Waals surface area (Å²) >= 11 is 1.60. The van der Waals surface area contributed by atoms with E-state index < -0.39 is 18.1 Å². The second-order valence-electron chi connectivity index (χ2n) is 24.2. The number of anilines is 3. The molecule has 20 heteroatoms. The third-order valence-corrected chi connectivity index (χ3v) is 19.1. The summed E-state index contributed by atoms with van der Waals surface area (Å²) in [4.78, 5) is 49.7. The number of nitrogens with zero attached hydrogens (tertiary/aromatic N) is 9. The Hall–Kier alpha value is -6.68. The number of phenols is 1. The highest BCUT2D eigenvalue weighted by molar-refractivity contribution is 7.13. The molecule has 2 aromatic carbocycles. The van der Waals surface area contributed by atoms with Crippen LogP contribution in [-0.2, 0) is 23.8 Å². The van der Waals surface area contributed by atoms with E-state index in [9.17, 15) is 19.8 Å². The van der Waals surface area contributed by atoms with Crippen molar-refractivity contribution in [3.05, 3.63) is 114 Å². The largest absolute Gasteiger partial charge is 0.507 e. The van der Waals surface area contributed by atoms with E-state index in [1.54, 1.807) is 28.4 Å². The number of para-hydroxylation sites is 1. The van der Waals surface area contributed by atoms with Crippen LogP contribution in [0.25, 0.3) is 21.7 Å². The SMILES string of the molecule is C=C1COC([C@H](C(=O)N2C[C@H](O)C[C@H]2C(=O)N[C@@H](C)c2ccc(-c3scnc3C)cc2)C(C)C)=CC1N1CC(OCCN2CCC(O[C@H]3C[C@H](Oc4cc(N5C6CCC5CN(c5cc(-c7ccccc7O)nnc5N)C6)ccn4)C3)CC2)C1. The van der Waals surface area contributed by atoms with Gasteiger partial charge in [-0.3, -0.25) is 14.5 Å². The molecule has 83 heavy (non-hydrogen) atoms. The quantitative estimate of drug-likeness (QED) is 0.0603. The van der Waals surface area contributed by atoms with E-state index in [2.05, 4.69) is 63.8 Å². The van der Waals surface area contributed by atoms with Gasteiger partial charge in [0.1, 0.15) is 30.3 Å². The number of aromatic hydroxyl groups is 1. The van der Waals surface area contributed by atoms with Crippen LogP contribution < -0.4 is 25.6 Å². The number of aliphatic hydroxyl groups excluding tert-OH is 1. The molecule has 12 rings (SSSR count). The van der Waals surface area contributed by atoms with Crippen molar-refractivity contribution in [3.8, 4) is 33.3 Å². The summed E-state index contributed by atoms with van der Waals surface area (Å²) in [5.74, 6) is 0.568. The van der Waals surface area contributed by atoms with Gasteiger partial charge < -0.3 is 59.8 Å². The molecule has 1 aliphatic carbocycles. The smallest absolute Gasteiger partial charge is 0.243 e. The Labute approximate surface area is 490 Å². The number of fused-ring (bicyclic) bond motifs is 2. The van der Waals surface area contributed by atoms with Crippen LogP contribution in [0.5, 0.6) is 11.6 Å². The zero-order chi connectivity index (χ0) is 57.5. The minimum absolute atomic E-state index is 0.0791.